The molecule has 0 fully saturated rings. The predicted molar refractivity (Wildman–Crippen MR) is 52.2 cm³/mol. The van der Waals surface area contributed by atoms with Gasteiger partial charge in [0.1, 0.15) is 0 Å². The molecule has 1 unspecified atom stereocenters. The Morgan fingerprint density at radius 3 is 0.897 bits per heavy atom. The van der Waals surface area contributed by atoms with Crippen molar-refractivity contribution < 1.29 is 87.6 Å². The SMILES string of the molecule is O=S(=O)(O)C(F)(F)C(F)(C(F)(F)C(F)(F)C(F)(F)F)C(F)(C(F)(F)F)C(F)(F)F. The Balaban J connectivity index is 7.96. The molecule has 0 saturated heterocycles. The highest BCUT2D eigenvalue weighted by Gasteiger charge is 3.01. The van der Waals surface area contributed by atoms with Gasteiger partial charge in [0.25, 0.3) is 0 Å². The van der Waals surface area contributed by atoms with Gasteiger partial charge in [-0.3, -0.25) is 4.55 Å². The maximum atomic E-state index is 14.1. The molecule has 0 aromatic heterocycles. The van der Waals surface area contributed by atoms with Crippen LogP contribution in [0, 0.1) is 0 Å². The molecule has 1 atom stereocenters. The van der Waals surface area contributed by atoms with Crippen molar-refractivity contribution >= 4 is 10.1 Å². The van der Waals surface area contributed by atoms with Gasteiger partial charge in [0.05, 0.1) is 0 Å². The summed E-state index contributed by atoms with van der Waals surface area (Å²) in [5, 5.41) is -8.59. The zero-order chi connectivity index (χ0) is 24.5. The molecule has 29 heavy (non-hydrogen) atoms. The Labute approximate surface area is 146 Å². The molecule has 0 saturated carbocycles. The Kier molecular flexibility index (Phi) is 6.08. The van der Waals surface area contributed by atoms with Gasteiger partial charge in [-0.25, -0.2) is 8.78 Å². The third-order valence-electron chi connectivity index (χ3n) is 3.16. The summed E-state index contributed by atoms with van der Waals surface area (Å²) in [4.78, 5) is 0. The molecule has 0 aromatic rings. The van der Waals surface area contributed by atoms with Crippen molar-refractivity contribution in [3.05, 3.63) is 0 Å². The van der Waals surface area contributed by atoms with Gasteiger partial charge in [-0.05, 0) is 0 Å². The molecule has 176 valence electrons. The number of halogens is 17. The van der Waals surface area contributed by atoms with E-state index in [-0.39, 0.29) is 0 Å². The lowest BCUT2D eigenvalue weighted by molar-refractivity contribution is -0.458. The molecule has 0 bridgehead atoms. The molecule has 0 aliphatic carbocycles. The monoisotopic (exact) mass is 500 g/mol. The third-order valence-corrected chi connectivity index (χ3v) is 4.09. The van der Waals surface area contributed by atoms with E-state index in [0.29, 0.717) is 0 Å². The van der Waals surface area contributed by atoms with E-state index in [1.165, 1.54) is 0 Å². The Morgan fingerprint density at radius 1 is 0.448 bits per heavy atom. The molecule has 0 aliphatic rings. The van der Waals surface area contributed by atoms with Crippen LogP contribution in [0.2, 0.25) is 0 Å². The molecule has 0 amide bonds. The van der Waals surface area contributed by atoms with Crippen LogP contribution in [0.1, 0.15) is 0 Å². The first-order valence-electron chi connectivity index (χ1n) is 5.68. The van der Waals surface area contributed by atoms with Crippen molar-refractivity contribution in [2.24, 2.45) is 0 Å². The molecule has 0 rings (SSSR count). The van der Waals surface area contributed by atoms with Crippen molar-refractivity contribution in [2.75, 3.05) is 0 Å². The van der Waals surface area contributed by atoms with Gasteiger partial charge in [-0.15, -0.1) is 0 Å². The quantitative estimate of drug-likeness (QED) is 0.435. The largest absolute Gasteiger partial charge is 0.460 e. The maximum absolute atomic E-state index is 14.1. The van der Waals surface area contributed by atoms with Gasteiger partial charge in [0.15, 0.2) is 0 Å². The Bertz CT molecular complexity index is 713. The molecule has 1 N–H and O–H groups in total. The van der Waals surface area contributed by atoms with Crippen LogP contribution >= 0.6 is 0 Å². The standard InChI is InChI=1S/C8HF17O3S/c9-1(8(24,25)29(26,27)28,2(10,5(15,16)17)6(18,19)20)3(11,12)4(13,14)7(21,22)23/h(H,26,27,28). The second kappa shape index (κ2) is 6.36. The number of hydrogen-bond donors (Lipinski definition) is 1. The van der Waals surface area contributed by atoms with E-state index in [2.05, 4.69) is 0 Å². The highest BCUT2D eigenvalue weighted by atomic mass is 32.2. The zero-order valence-electron chi connectivity index (χ0n) is 12.1. The summed E-state index contributed by atoms with van der Waals surface area (Å²) < 4.78 is 246. The van der Waals surface area contributed by atoms with E-state index in [4.69, 9.17) is 4.55 Å². The average molecular weight is 500 g/mol. The molecule has 3 nitrogen and oxygen atoms in total. The van der Waals surface area contributed by atoms with Gasteiger partial charge in [-0.1, -0.05) is 0 Å². The first-order valence-corrected chi connectivity index (χ1v) is 7.12. The molecule has 0 aliphatic heterocycles. The van der Waals surface area contributed by atoms with Crippen LogP contribution in [-0.2, 0) is 10.1 Å². The molecular weight excluding hydrogens is 499 g/mol. The van der Waals surface area contributed by atoms with E-state index in [1.807, 2.05) is 0 Å². The Hall–Kier alpha value is -1.28. The van der Waals surface area contributed by atoms with Crippen LogP contribution in [0.25, 0.3) is 0 Å². The minimum atomic E-state index is -9.35. The van der Waals surface area contributed by atoms with Gasteiger partial charge in [0, 0.05) is 0 Å². The van der Waals surface area contributed by atoms with Gasteiger partial charge in [0.2, 0.25) is 0 Å². The summed E-state index contributed by atoms with van der Waals surface area (Å²) >= 11 is 0. The number of rotatable bonds is 5. The molecule has 21 heteroatoms. The molecule has 0 radical (unpaired) electrons. The smallest absolute Gasteiger partial charge is 0.281 e. The van der Waals surface area contributed by atoms with Crippen LogP contribution < -0.4 is 0 Å². The van der Waals surface area contributed by atoms with Crippen LogP contribution in [-0.4, -0.2) is 59.9 Å². The second-order valence-electron chi connectivity index (χ2n) is 4.95. The summed E-state index contributed by atoms with van der Waals surface area (Å²) in [7, 11) is -8.48. The lowest BCUT2D eigenvalue weighted by atomic mass is 9.76. The highest BCUT2D eigenvalue weighted by molar-refractivity contribution is 7.87. The first-order chi connectivity index (χ1) is 12.0. The van der Waals surface area contributed by atoms with Crippen molar-refractivity contribution in [1.29, 1.82) is 0 Å². The minimum absolute atomic E-state index is 7.83. The maximum Gasteiger partial charge on any atom is 0.460 e. The lowest BCUT2D eigenvalue weighted by Gasteiger charge is -2.48. The zero-order valence-corrected chi connectivity index (χ0v) is 12.9. The summed E-state index contributed by atoms with van der Waals surface area (Å²) in [6.07, 6.45) is -25.3. The first kappa shape index (κ1) is 27.7. The fourth-order valence-electron chi connectivity index (χ4n) is 1.72. The van der Waals surface area contributed by atoms with E-state index < -0.39 is 57.1 Å². The molecule has 0 heterocycles. The fraction of sp³-hybridized carbons (Fsp3) is 1.00. The summed E-state index contributed by atoms with van der Waals surface area (Å²) in [5.74, 6) is -17.8. The van der Waals surface area contributed by atoms with Crippen LogP contribution in [0.15, 0.2) is 0 Å². The topological polar surface area (TPSA) is 54.4 Å². The highest BCUT2D eigenvalue weighted by Crippen LogP contribution is 2.68. The van der Waals surface area contributed by atoms with E-state index in [0.717, 1.165) is 0 Å². The molecule has 0 spiro atoms. The summed E-state index contributed by atoms with van der Waals surface area (Å²) in [6.45, 7) is 0. The minimum Gasteiger partial charge on any atom is -0.281 e. The van der Waals surface area contributed by atoms with E-state index in [9.17, 15) is 83.1 Å². The summed E-state index contributed by atoms with van der Waals surface area (Å²) in [5.41, 5.74) is -18.5. The van der Waals surface area contributed by atoms with Crippen molar-refractivity contribution in [3.8, 4) is 0 Å². The van der Waals surface area contributed by atoms with Gasteiger partial charge >= 0.3 is 57.1 Å². The Morgan fingerprint density at radius 2 is 0.724 bits per heavy atom. The van der Waals surface area contributed by atoms with Gasteiger partial charge in [-0.2, -0.15) is 74.3 Å². The average Bonchev–Trinajstić information content (AvgIpc) is 2.39. The van der Waals surface area contributed by atoms with E-state index >= 15 is 0 Å². The second-order valence-corrected chi connectivity index (χ2v) is 6.41. The number of hydrogen-bond acceptors (Lipinski definition) is 2. The van der Waals surface area contributed by atoms with Crippen molar-refractivity contribution in [2.45, 2.75) is 47.0 Å². The van der Waals surface area contributed by atoms with Crippen molar-refractivity contribution in [3.63, 3.8) is 0 Å². The normalized spacial score (nSPS) is 18.6. The fourth-order valence-corrected chi connectivity index (χ4v) is 2.35. The van der Waals surface area contributed by atoms with Crippen molar-refractivity contribution in [1.82, 2.24) is 0 Å². The van der Waals surface area contributed by atoms with E-state index in [1.54, 1.807) is 0 Å². The lowest BCUT2D eigenvalue weighted by Crippen LogP contribution is -2.82. The van der Waals surface area contributed by atoms with Gasteiger partial charge < -0.3 is 0 Å². The van der Waals surface area contributed by atoms with Crippen LogP contribution in [0.5, 0.6) is 0 Å². The molecule has 0 aromatic carbocycles. The summed E-state index contributed by atoms with van der Waals surface area (Å²) in [6, 6.07) is 0. The third kappa shape index (κ3) is 3.26. The van der Waals surface area contributed by atoms with Crippen LogP contribution in [0.3, 0.4) is 0 Å². The van der Waals surface area contributed by atoms with Crippen LogP contribution in [0.4, 0.5) is 74.6 Å². The molecular formula is C8HF17O3S. The number of alkyl halides is 17. The predicted octanol–water partition coefficient (Wildman–Crippen LogP) is 4.84.